The summed E-state index contributed by atoms with van der Waals surface area (Å²) in [6.07, 6.45) is 0. The molecule has 8 nitrogen and oxygen atoms in total. The van der Waals surface area contributed by atoms with Crippen LogP contribution in [0.4, 0.5) is 5.95 Å². The van der Waals surface area contributed by atoms with E-state index >= 15 is 0 Å². The van der Waals surface area contributed by atoms with Crippen LogP contribution in [0.3, 0.4) is 0 Å². The third kappa shape index (κ3) is 3.49. The van der Waals surface area contributed by atoms with Crippen molar-refractivity contribution in [1.29, 1.82) is 0 Å². The molecule has 0 saturated heterocycles. The second kappa shape index (κ2) is 7.44. The minimum atomic E-state index is -0.300. The maximum atomic E-state index is 12.8. The van der Waals surface area contributed by atoms with E-state index in [1.54, 1.807) is 29.8 Å². The highest BCUT2D eigenvalue weighted by atomic mass is 32.1. The number of nitrogens with one attached hydrogen (secondary N) is 1. The fraction of sp³-hybridized carbons (Fsp3) is 0.136. The summed E-state index contributed by atoms with van der Waals surface area (Å²) in [5.41, 5.74) is 5.49. The first kappa shape index (κ1) is 19.1. The number of hydrogen-bond donors (Lipinski definition) is 1. The monoisotopic (exact) mass is 430 g/mol. The molecule has 0 atom stereocenters. The van der Waals surface area contributed by atoms with Crippen molar-refractivity contribution in [2.45, 2.75) is 13.8 Å². The van der Waals surface area contributed by atoms with E-state index in [1.807, 2.05) is 43.5 Å². The van der Waals surface area contributed by atoms with Crippen LogP contribution in [-0.2, 0) is 0 Å². The van der Waals surface area contributed by atoms with Crippen molar-refractivity contribution in [3.8, 4) is 17.0 Å². The summed E-state index contributed by atoms with van der Waals surface area (Å²) in [6, 6.07) is 13.0. The second-order valence-corrected chi connectivity index (χ2v) is 7.87. The molecule has 5 rings (SSSR count). The Morgan fingerprint density at radius 3 is 2.48 bits per heavy atom. The minimum Gasteiger partial charge on any atom is -0.497 e. The maximum absolute atomic E-state index is 12.8. The van der Waals surface area contributed by atoms with Gasteiger partial charge in [-0.1, -0.05) is 0 Å². The third-order valence-corrected chi connectivity index (χ3v) is 5.85. The third-order valence-electron chi connectivity index (χ3n) is 5.03. The molecule has 0 unspecified atom stereocenters. The summed E-state index contributed by atoms with van der Waals surface area (Å²) >= 11 is 1.46. The van der Waals surface area contributed by atoms with Crippen molar-refractivity contribution >= 4 is 39.2 Å². The highest BCUT2D eigenvalue weighted by Crippen LogP contribution is 2.27. The SMILES string of the molecule is COc1ccc(-c2csc3nc(NC(=O)c4ccc5nc(C)c(C)nc5c4)nn23)cc1. The fourth-order valence-electron chi connectivity index (χ4n) is 3.24. The summed E-state index contributed by atoms with van der Waals surface area (Å²) in [5.74, 6) is 0.733. The molecule has 0 fully saturated rings. The van der Waals surface area contributed by atoms with Gasteiger partial charge in [0.15, 0.2) is 0 Å². The fourth-order valence-corrected chi connectivity index (χ4v) is 4.07. The van der Waals surface area contributed by atoms with Gasteiger partial charge in [0.2, 0.25) is 4.96 Å². The van der Waals surface area contributed by atoms with E-state index in [2.05, 4.69) is 25.4 Å². The minimum absolute atomic E-state index is 0.248. The van der Waals surface area contributed by atoms with Crippen LogP contribution < -0.4 is 10.1 Å². The molecule has 154 valence electrons. The van der Waals surface area contributed by atoms with E-state index in [0.717, 1.165) is 33.9 Å². The van der Waals surface area contributed by atoms with Crippen molar-refractivity contribution in [2.75, 3.05) is 12.4 Å². The average molecular weight is 430 g/mol. The van der Waals surface area contributed by atoms with Gasteiger partial charge in [0, 0.05) is 16.5 Å². The summed E-state index contributed by atoms with van der Waals surface area (Å²) < 4.78 is 6.94. The van der Waals surface area contributed by atoms with E-state index in [1.165, 1.54) is 11.3 Å². The van der Waals surface area contributed by atoms with E-state index in [4.69, 9.17) is 4.74 Å². The zero-order valence-electron chi connectivity index (χ0n) is 17.1. The number of carbonyl (C=O) groups excluding carboxylic acids is 1. The Hall–Kier alpha value is -3.85. The predicted octanol–water partition coefficient (Wildman–Crippen LogP) is 4.28. The molecule has 0 spiro atoms. The van der Waals surface area contributed by atoms with E-state index in [-0.39, 0.29) is 11.9 Å². The van der Waals surface area contributed by atoms with Crippen LogP contribution in [0.15, 0.2) is 47.8 Å². The Morgan fingerprint density at radius 2 is 1.74 bits per heavy atom. The standard InChI is InChI=1S/C22H18N6O2S/c1-12-13(2)24-18-10-15(6-9-17(18)23-12)20(29)25-21-26-22-28(27-21)19(11-31-22)14-4-7-16(30-3)8-5-14/h4-11H,1-3H3,(H,25,27,29). The quantitative estimate of drug-likeness (QED) is 0.457. The molecular formula is C22H18N6O2S. The summed E-state index contributed by atoms with van der Waals surface area (Å²) in [4.78, 5) is 26.9. The molecule has 2 aromatic carbocycles. The molecule has 0 radical (unpaired) electrons. The number of benzene rings is 2. The zero-order valence-corrected chi connectivity index (χ0v) is 17.9. The van der Waals surface area contributed by atoms with Crippen LogP contribution in [0.5, 0.6) is 5.75 Å². The molecule has 0 aliphatic heterocycles. The first-order valence-corrected chi connectivity index (χ1v) is 10.4. The largest absolute Gasteiger partial charge is 0.497 e. The molecule has 31 heavy (non-hydrogen) atoms. The van der Waals surface area contributed by atoms with Crippen LogP contribution in [0.2, 0.25) is 0 Å². The Balaban J connectivity index is 1.42. The van der Waals surface area contributed by atoms with Gasteiger partial charge in [-0.3, -0.25) is 10.1 Å². The van der Waals surface area contributed by atoms with Gasteiger partial charge >= 0.3 is 0 Å². The lowest BCUT2D eigenvalue weighted by atomic mass is 10.1. The van der Waals surface area contributed by atoms with E-state index < -0.39 is 0 Å². The lowest BCUT2D eigenvalue weighted by Crippen LogP contribution is -2.13. The van der Waals surface area contributed by atoms with Gasteiger partial charge < -0.3 is 4.74 Å². The normalized spacial score (nSPS) is 11.2. The van der Waals surface area contributed by atoms with Crippen LogP contribution in [-0.4, -0.2) is 37.6 Å². The number of anilines is 1. The second-order valence-electron chi connectivity index (χ2n) is 7.03. The number of amides is 1. The first-order chi connectivity index (χ1) is 15.0. The Morgan fingerprint density at radius 1 is 1.00 bits per heavy atom. The predicted molar refractivity (Wildman–Crippen MR) is 120 cm³/mol. The van der Waals surface area contributed by atoms with Crippen LogP contribution in [0, 0.1) is 13.8 Å². The van der Waals surface area contributed by atoms with Crippen molar-refractivity contribution in [1.82, 2.24) is 24.6 Å². The Kier molecular flexibility index (Phi) is 4.59. The number of rotatable bonds is 4. The van der Waals surface area contributed by atoms with Crippen molar-refractivity contribution in [2.24, 2.45) is 0 Å². The van der Waals surface area contributed by atoms with Crippen molar-refractivity contribution < 1.29 is 9.53 Å². The highest BCUT2D eigenvalue weighted by molar-refractivity contribution is 7.15. The number of fused-ring (bicyclic) bond motifs is 2. The zero-order chi connectivity index (χ0) is 21.5. The summed E-state index contributed by atoms with van der Waals surface area (Å²) in [6.45, 7) is 3.81. The van der Waals surface area contributed by atoms with E-state index in [0.29, 0.717) is 16.0 Å². The Bertz CT molecular complexity index is 1440. The number of thiazole rings is 1. The summed E-state index contributed by atoms with van der Waals surface area (Å²) in [7, 11) is 1.63. The van der Waals surface area contributed by atoms with Gasteiger partial charge in [-0.05, 0) is 56.3 Å². The molecule has 3 heterocycles. The molecule has 1 amide bonds. The molecule has 0 saturated carbocycles. The maximum Gasteiger partial charge on any atom is 0.258 e. The van der Waals surface area contributed by atoms with Gasteiger partial charge in [-0.25, -0.2) is 14.5 Å². The molecule has 5 aromatic rings. The van der Waals surface area contributed by atoms with Gasteiger partial charge in [0.1, 0.15) is 5.75 Å². The molecule has 1 N–H and O–H groups in total. The lowest BCUT2D eigenvalue weighted by molar-refractivity contribution is 0.102. The first-order valence-electron chi connectivity index (χ1n) is 9.57. The number of methoxy groups -OCH3 is 1. The van der Waals surface area contributed by atoms with Gasteiger partial charge in [0.05, 0.1) is 35.2 Å². The van der Waals surface area contributed by atoms with Crippen LogP contribution in [0.25, 0.3) is 27.3 Å². The molecule has 0 aliphatic rings. The lowest BCUT2D eigenvalue weighted by Gasteiger charge is -2.05. The van der Waals surface area contributed by atoms with Gasteiger partial charge in [0.25, 0.3) is 11.9 Å². The molecule has 3 aromatic heterocycles. The topological polar surface area (TPSA) is 94.3 Å². The molecule has 9 heteroatoms. The van der Waals surface area contributed by atoms with Crippen LogP contribution >= 0.6 is 11.3 Å². The average Bonchev–Trinajstić information content (AvgIpc) is 3.34. The molecule has 0 bridgehead atoms. The van der Waals surface area contributed by atoms with Gasteiger partial charge in [-0.15, -0.1) is 16.4 Å². The van der Waals surface area contributed by atoms with Crippen molar-refractivity contribution in [3.63, 3.8) is 0 Å². The number of aryl methyl sites for hydroxylation is 2. The Labute approximate surface area is 181 Å². The number of ether oxygens (including phenoxy) is 1. The molecular weight excluding hydrogens is 412 g/mol. The van der Waals surface area contributed by atoms with Gasteiger partial charge in [-0.2, -0.15) is 4.98 Å². The highest BCUT2D eigenvalue weighted by Gasteiger charge is 2.15. The number of hydrogen-bond acceptors (Lipinski definition) is 7. The summed E-state index contributed by atoms with van der Waals surface area (Å²) in [5, 5.41) is 9.23. The smallest absolute Gasteiger partial charge is 0.258 e. The van der Waals surface area contributed by atoms with Crippen molar-refractivity contribution in [3.05, 3.63) is 64.8 Å². The number of nitrogens with zero attached hydrogens (tertiary/aromatic N) is 5. The number of carbonyl (C=O) groups is 1. The molecule has 0 aliphatic carbocycles. The van der Waals surface area contributed by atoms with Crippen LogP contribution in [0.1, 0.15) is 21.7 Å². The number of aromatic nitrogens is 5. The van der Waals surface area contributed by atoms with E-state index in [9.17, 15) is 4.79 Å².